The summed E-state index contributed by atoms with van der Waals surface area (Å²) in [5.41, 5.74) is 1.86. The van der Waals surface area contributed by atoms with E-state index in [-0.39, 0.29) is 6.04 Å². The van der Waals surface area contributed by atoms with Gasteiger partial charge in [0.05, 0.1) is 22.8 Å². The molecule has 0 spiro atoms. The molecule has 1 unspecified atom stereocenters. The number of methoxy groups -OCH3 is 1. The molecular formula is C15H15Cl2NO. The molecule has 0 bridgehead atoms. The summed E-state index contributed by atoms with van der Waals surface area (Å²) < 4.78 is 5.22. The van der Waals surface area contributed by atoms with E-state index in [1.165, 1.54) is 0 Å². The molecule has 2 aromatic rings. The van der Waals surface area contributed by atoms with Crippen molar-refractivity contribution in [3.05, 3.63) is 58.1 Å². The van der Waals surface area contributed by atoms with Crippen LogP contribution >= 0.6 is 23.2 Å². The van der Waals surface area contributed by atoms with Crippen molar-refractivity contribution >= 4 is 28.9 Å². The second-order valence-electron chi connectivity index (χ2n) is 4.24. The molecule has 0 amide bonds. The minimum Gasteiger partial charge on any atom is -0.497 e. The lowest BCUT2D eigenvalue weighted by Crippen LogP contribution is -2.07. The van der Waals surface area contributed by atoms with Crippen molar-refractivity contribution in [1.82, 2.24) is 0 Å². The Kier molecular flexibility index (Phi) is 4.56. The fraction of sp³-hybridized carbons (Fsp3) is 0.200. The third-order valence-electron chi connectivity index (χ3n) is 2.92. The number of benzene rings is 2. The van der Waals surface area contributed by atoms with Crippen LogP contribution in [0.3, 0.4) is 0 Å². The highest BCUT2D eigenvalue weighted by Crippen LogP contribution is 2.33. The number of nitrogens with one attached hydrogen (secondary N) is 1. The van der Waals surface area contributed by atoms with Crippen molar-refractivity contribution in [2.45, 2.75) is 13.0 Å². The zero-order valence-electron chi connectivity index (χ0n) is 10.8. The summed E-state index contributed by atoms with van der Waals surface area (Å²) in [7, 11) is 1.65. The molecule has 2 aromatic carbocycles. The first-order valence-electron chi connectivity index (χ1n) is 5.96. The molecule has 100 valence electrons. The fourth-order valence-electron chi connectivity index (χ4n) is 1.85. The third kappa shape index (κ3) is 3.34. The molecule has 0 aliphatic rings. The molecule has 2 rings (SSSR count). The largest absolute Gasteiger partial charge is 0.497 e. The summed E-state index contributed by atoms with van der Waals surface area (Å²) in [5, 5.41) is 4.55. The smallest absolute Gasteiger partial charge is 0.119 e. The highest BCUT2D eigenvalue weighted by molar-refractivity contribution is 6.39. The number of para-hydroxylation sites is 1. The van der Waals surface area contributed by atoms with Gasteiger partial charge in [-0.2, -0.15) is 0 Å². The summed E-state index contributed by atoms with van der Waals surface area (Å²) >= 11 is 12.3. The maximum Gasteiger partial charge on any atom is 0.119 e. The molecule has 4 heteroatoms. The second kappa shape index (κ2) is 6.18. The van der Waals surface area contributed by atoms with Crippen LogP contribution in [0.2, 0.25) is 10.0 Å². The van der Waals surface area contributed by atoms with E-state index in [1.54, 1.807) is 7.11 Å². The maximum atomic E-state index is 6.15. The van der Waals surface area contributed by atoms with Gasteiger partial charge in [-0.05, 0) is 36.8 Å². The monoisotopic (exact) mass is 295 g/mol. The number of halogens is 2. The van der Waals surface area contributed by atoms with Gasteiger partial charge in [0.15, 0.2) is 0 Å². The quantitative estimate of drug-likeness (QED) is 0.839. The van der Waals surface area contributed by atoms with E-state index in [4.69, 9.17) is 27.9 Å². The first-order valence-corrected chi connectivity index (χ1v) is 6.72. The minimum absolute atomic E-state index is 0.0764. The Balaban J connectivity index is 2.23. The summed E-state index contributed by atoms with van der Waals surface area (Å²) in [6.45, 7) is 2.05. The molecular weight excluding hydrogens is 281 g/mol. The molecule has 0 saturated carbocycles. The van der Waals surface area contributed by atoms with Crippen LogP contribution < -0.4 is 10.1 Å². The molecule has 0 saturated heterocycles. The van der Waals surface area contributed by atoms with Gasteiger partial charge in [-0.3, -0.25) is 0 Å². The third-order valence-corrected chi connectivity index (χ3v) is 3.55. The van der Waals surface area contributed by atoms with Crippen LogP contribution in [0.15, 0.2) is 42.5 Å². The Morgan fingerprint density at radius 1 is 1.05 bits per heavy atom. The summed E-state index contributed by atoms with van der Waals surface area (Å²) in [5.74, 6) is 0.830. The van der Waals surface area contributed by atoms with Crippen LogP contribution in [0, 0.1) is 0 Å². The topological polar surface area (TPSA) is 21.3 Å². The second-order valence-corrected chi connectivity index (χ2v) is 5.05. The lowest BCUT2D eigenvalue weighted by Gasteiger charge is -2.18. The zero-order valence-corrected chi connectivity index (χ0v) is 12.3. The van der Waals surface area contributed by atoms with Crippen molar-refractivity contribution < 1.29 is 4.74 Å². The van der Waals surface area contributed by atoms with Crippen molar-refractivity contribution in [3.8, 4) is 5.75 Å². The van der Waals surface area contributed by atoms with Crippen molar-refractivity contribution in [2.24, 2.45) is 0 Å². The van der Waals surface area contributed by atoms with Crippen LogP contribution in [-0.4, -0.2) is 7.11 Å². The van der Waals surface area contributed by atoms with Crippen molar-refractivity contribution in [2.75, 3.05) is 12.4 Å². The maximum absolute atomic E-state index is 6.15. The number of ether oxygens (including phenoxy) is 1. The van der Waals surface area contributed by atoms with Crippen LogP contribution in [0.4, 0.5) is 5.69 Å². The van der Waals surface area contributed by atoms with Gasteiger partial charge in [-0.25, -0.2) is 0 Å². The number of hydrogen-bond acceptors (Lipinski definition) is 2. The molecule has 0 radical (unpaired) electrons. The molecule has 0 heterocycles. The van der Waals surface area contributed by atoms with Crippen LogP contribution in [0.5, 0.6) is 5.75 Å². The lowest BCUT2D eigenvalue weighted by molar-refractivity contribution is 0.414. The lowest BCUT2D eigenvalue weighted by atomic mass is 10.1. The summed E-state index contributed by atoms with van der Waals surface area (Å²) in [4.78, 5) is 0. The fourth-order valence-corrected chi connectivity index (χ4v) is 2.35. The number of rotatable bonds is 4. The predicted octanol–water partition coefficient (Wildman–Crippen LogP) is 5.18. The summed E-state index contributed by atoms with van der Waals surface area (Å²) in [6.07, 6.45) is 0. The SMILES string of the molecule is COc1cccc(C(C)Nc2c(Cl)cccc2Cl)c1. The van der Waals surface area contributed by atoms with E-state index in [1.807, 2.05) is 42.5 Å². The Bertz CT molecular complexity index is 552. The molecule has 19 heavy (non-hydrogen) atoms. The molecule has 1 atom stereocenters. The average molecular weight is 296 g/mol. The van der Waals surface area contributed by atoms with E-state index in [2.05, 4.69) is 12.2 Å². The van der Waals surface area contributed by atoms with Gasteiger partial charge in [0.1, 0.15) is 5.75 Å². The molecule has 2 nitrogen and oxygen atoms in total. The van der Waals surface area contributed by atoms with E-state index in [0.29, 0.717) is 10.0 Å². The molecule has 0 fully saturated rings. The summed E-state index contributed by atoms with van der Waals surface area (Å²) in [6, 6.07) is 13.4. The van der Waals surface area contributed by atoms with E-state index in [0.717, 1.165) is 17.0 Å². The van der Waals surface area contributed by atoms with Crippen LogP contribution in [0.25, 0.3) is 0 Å². The van der Waals surface area contributed by atoms with E-state index < -0.39 is 0 Å². The van der Waals surface area contributed by atoms with Gasteiger partial charge in [0.25, 0.3) is 0 Å². The van der Waals surface area contributed by atoms with Gasteiger partial charge >= 0.3 is 0 Å². The first kappa shape index (κ1) is 14.0. The average Bonchev–Trinajstić information content (AvgIpc) is 2.43. The Labute approximate surface area is 123 Å². The van der Waals surface area contributed by atoms with Crippen LogP contribution in [-0.2, 0) is 0 Å². The van der Waals surface area contributed by atoms with Gasteiger partial charge < -0.3 is 10.1 Å². The number of hydrogen-bond donors (Lipinski definition) is 1. The molecule has 0 aliphatic carbocycles. The van der Waals surface area contributed by atoms with E-state index >= 15 is 0 Å². The Morgan fingerprint density at radius 3 is 2.32 bits per heavy atom. The van der Waals surface area contributed by atoms with Gasteiger partial charge in [-0.15, -0.1) is 0 Å². The highest BCUT2D eigenvalue weighted by atomic mass is 35.5. The molecule has 0 aliphatic heterocycles. The Hall–Kier alpha value is -1.38. The first-order chi connectivity index (χ1) is 9.11. The predicted molar refractivity (Wildman–Crippen MR) is 81.5 cm³/mol. The standard InChI is InChI=1S/C15H15Cl2NO/c1-10(11-5-3-6-12(9-11)19-2)18-15-13(16)7-4-8-14(15)17/h3-10,18H,1-2H3. The molecule has 1 N–H and O–H groups in total. The number of anilines is 1. The van der Waals surface area contributed by atoms with Crippen LogP contribution in [0.1, 0.15) is 18.5 Å². The van der Waals surface area contributed by atoms with Crippen molar-refractivity contribution in [1.29, 1.82) is 0 Å². The van der Waals surface area contributed by atoms with E-state index in [9.17, 15) is 0 Å². The van der Waals surface area contributed by atoms with Crippen molar-refractivity contribution in [3.63, 3.8) is 0 Å². The highest BCUT2D eigenvalue weighted by Gasteiger charge is 2.11. The normalized spacial score (nSPS) is 12.0. The minimum atomic E-state index is 0.0764. The zero-order chi connectivity index (χ0) is 13.8. The van der Waals surface area contributed by atoms with Gasteiger partial charge in [0, 0.05) is 6.04 Å². The molecule has 0 aromatic heterocycles. The van der Waals surface area contributed by atoms with Gasteiger partial charge in [0.2, 0.25) is 0 Å². The van der Waals surface area contributed by atoms with Gasteiger partial charge in [-0.1, -0.05) is 41.4 Å². The Morgan fingerprint density at radius 2 is 1.68 bits per heavy atom.